The van der Waals surface area contributed by atoms with E-state index >= 15 is 0 Å². The summed E-state index contributed by atoms with van der Waals surface area (Å²) < 4.78 is 0. The number of nitrogens with one attached hydrogen (secondary N) is 1. The minimum Gasteiger partial charge on any atom is -0.349 e. The monoisotopic (exact) mass is 229 g/mol. The Morgan fingerprint density at radius 3 is 2.82 bits per heavy atom. The Balaban J connectivity index is 1.68. The van der Waals surface area contributed by atoms with Crippen LogP contribution in [0.5, 0.6) is 0 Å². The molecule has 0 unspecified atom stereocenters. The third-order valence-electron chi connectivity index (χ3n) is 4.33. The highest BCUT2D eigenvalue weighted by atomic mass is 16.1. The first-order valence-corrected chi connectivity index (χ1v) is 6.60. The lowest BCUT2D eigenvalue weighted by Crippen LogP contribution is -2.38. The number of amides is 1. The summed E-state index contributed by atoms with van der Waals surface area (Å²) in [6.45, 7) is 2.02. The first-order chi connectivity index (χ1) is 8.22. The lowest BCUT2D eigenvalue weighted by Gasteiger charge is -2.22. The second-order valence-electron chi connectivity index (χ2n) is 5.62. The van der Waals surface area contributed by atoms with E-state index in [0.717, 1.165) is 23.0 Å². The van der Waals surface area contributed by atoms with Gasteiger partial charge in [0.15, 0.2) is 0 Å². The van der Waals surface area contributed by atoms with Crippen molar-refractivity contribution in [1.29, 1.82) is 0 Å². The fourth-order valence-corrected chi connectivity index (χ4v) is 3.46. The maximum atomic E-state index is 12.1. The summed E-state index contributed by atoms with van der Waals surface area (Å²) in [5.74, 6) is 1.72. The van der Waals surface area contributed by atoms with Crippen LogP contribution in [-0.4, -0.2) is 11.9 Å². The molecule has 1 amide bonds. The molecule has 90 valence electrons. The number of rotatable bonds is 2. The van der Waals surface area contributed by atoms with Gasteiger partial charge in [0, 0.05) is 11.6 Å². The van der Waals surface area contributed by atoms with Gasteiger partial charge in [-0.1, -0.05) is 24.1 Å². The highest BCUT2D eigenvalue weighted by Crippen LogP contribution is 2.44. The van der Waals surface area contributed by atoms with Crippen molar-refractivity contribution < 1.29 is 4.79 Å². The summed E-state index contributed by atoms with van der Waals surface area (Å²) in [7, 11) is 0. The first kappa shape index (κ1) is 10.8. The molecule has 2 fully saturated rings. The molecule has 2 aliphatic carbocycles. The molecular formula is C15H19NO. The summed E-state index contributed by atoms with van der Waals surface area (Å²) in [5, 5.41) is 3.21. The zero-order chi connectivity index (χ0) is 11.8. The molecule has 17 heavy (non-hydrogen) atoms. The van der Waals surface area contributed by atoms with Crippen LogP contribution in [0.3, 0.4) is 0 Å². The van der Waals surface area contributed by atoms with Gasteiger partial charge in [0.2, 0.25) is 0 Å². The normalized spacial score (nSPS) is 30.5. The van der Waals surface area contributed by atoms with Crippen LogP contribution in [0.15, 0.2) is 24.3 Å². The number of benzene rings is 1. The van der Waals surface area contributed by atoms with E-state index in [1.807, 2.05) is 31.2 Å². The SMILES string of the molecule is Cc1cccc(C(=O)N[C@H]2C[C@@H]3CC[C@@H]2C3)c1. The molecule has 3 atom stereocenters. The fraction of sp³-hybridized carbons (Fsp3) is 0.533. The van der Waals surface area contributed by atoms with Gasteiger partial charge in [-0.15, -0.1) is 0 Å². The molecule has 2 heteroatoms. The first-order valence-electron chi connectivity index (χ1n) is 6.60. The van der Waals surface area contributed by atoms with Crippen molar-refractivity contribution in [1.82, 2.24) is 5.32 Å². The van der Waals surface area contributed by atoms with Crippen molar-refractivity contribution in [3.05, 3.63) is 35.4 Å². The van der Waals surface area contributed by atoms with Crippen LogP contribution < -0.4 is 5.32 Å². The Morgan fingerprint density at radius 1 is 1.29 bits per heavy atom. The Morgan fingerprint density at radius 2 is 2.18 bits per heavy atom. The average Bonchev–Trinajstić information content (AvgIpc) is 2.91. The maximum Gasteiger partial charge on any atom is 0.251 e. The molecule has 1 aromatic carbocycles. The van der Waals surface area contributed by atoms with Crippen LogP contribution in [0.1, 0.15) is 41.6 Å². The maximum absolute atomic E-state index is 12.1. The van der Waals surface area contributed by atoms with Gasteiger partial charge in [0.05, 0.1) is 0 Å². The summed E-state index contributed by atoms with van der Waals surface area (Å²) in [6, 6.07) is 8.26. The summed E-state index contributed by atoms with van der Waals surface area (Å²) in [6.07, 6.45) is 5.21. The Kier molecular flexibility index (Phi) is 2.65. The molecule has 0 aromatic heterocycles. The van der Waals surface area contributed by atoms with Crippen molar-refractivity contribution in [2.24, 2.45) is 11.8 Å². The summed E-state index contributed by atoms with van der Waals surface area (Å²) >= 11 is 0. The number of hydrogen-bond acceptors (Lipinski definition) is 1. The van der Waals surface area contributed by atoms with Gasteiger partial charge in [0.1, 0.15) is 0 Å². The molecule has 2 saturated carbocycles. The van der Waals surface area contributed by atoms with E-state index in [1.165, 1.54) is 25.7 Å². The van der Waals surface area contributed by atoms with Gasteiger partial charge in [-0.05, 0) is 50.2 Å². The number of hydrogen-bond donors (Lipinski definition) is 1. The topological polar surface area (TPSA) is 29.1 Å². The van der Waals surface area contributed by atoms with Gasteiger partial charge >= 0.3 is 0 Å². The molecule has 0 heterocycles. The third-order valence-corrected chi connectivity index (χ3v) is 4.33. The second kappa shape index (κ2) is 4.17. The quantitative estimate of drug-likeness (QED) is 0.830. The van der Waals surface area contributed by atoms with Gasteiger partial charge in [-0.2, -0.15) is 0 Å². The van der Waals surface area contributed by atoms with E-state index in [1.54, 1.807) is 0 Å². The Labute approximate surface area is 102 Å². The number of carbonyl (C=O) groups is 1. The van der Waals surface area contributed by atoms with Crippen LogP contribution >= 0.6 is 0 Å². The molecule has 0 aliphatic heterocycles. The zero-order valence-corrected chi connectivity index (χ0v) is 10.3. The van der Waals surface area contributed by atoms with Gasteiger partial charge in [-0.25, -0.2) is 0 Å². The van der Waals surface area contributed by atoms with Gasteiger partial charge < -0.3 is 5.32 Å². The molecule has 1 N–H and O–H groups in total. The molecule has 2 nitrogen and oxygen atoms in total. The molecule has 2 bridgehead atoms. The molecule has 2 aliphatic rings. The van der Waals surface area contributed by atoms with E-state index in [-0.39, 0.29) is 5.91 Å². The molecular weight excluding hydrogens is 210 g/mol. The summed E-state index contributed by atoms with van der Waals surface area (Å²) in [4.78, 5) is 12.1. The predicted octanol–water partition coefficient (Wildman–Crippen LogP) is 2.91. The molecule has 0 spiro atoms. The molecule has 0 radical (unpaired) electrons. The molecule has 1 aromatic rings. The van der Waals surface area contributed by atoms with E-state index in [9.17, 15) is 4.79 Å². The number of carbonyl (C=O) groups excluding carboxylic acids is 1. The summed E-state index contributed by atoms with van der Waals surface area (Å²) in [5.41, 5.74) is 1.94. The lowest BCUT2D eigenvalue weighted by atomic mass is 9.95. The van der Waals surface area contributed by atoms with Crippen LogP contribution in [0.25, 0.3) is 0 Å². The van der Waals surface area contributed by atoms with E-state index < -0.39 is 0 Å². The number of fused-ring (bicyclic) bond motifs is 2. The molecule has 0 saturated heterocycles. The second-order valence-corrected chi connectivity index (χ2v) is 5.62. The average molecular weight is 229 g/mol. The van der Waals surface area contributed by atoms with Crippen LogP contribution in [0.4, 0.5) is 0 Å². The Hall–Kier alpha value is -1.31. The Bertz CT molecular complexity index is 440. The largest absolute Gasteiger partial charge is 0.349 e. The lowest BCUT2D eigenvalue weighted by molar-refractivity contribution is 0.0923. The van der Waals surface area contributed by atoms with E-state index in [0.29, 0.717) is 6.04 Å². The zero-order valence-electron chi connectivity index (χ0n) is 10.3. The number of aryl methyl sites for hydroxylation is 1. The van der Waals surface area contributed by atoms with Crippen LogP contribution in [0, 0.1) is 18.8 Å². The minimum absolute atomic E-state index is 0.103. The van der Waals surface area contributed by atoms with Crippen molar-refractivity contribution >= 4 is 5.91 Å². The highest BCUT2D eigenvalue weighted by Gasteiger charge is 2.40. The van der Waals surface area contributed by atoms with Crippen molar-refractivity contribution in [2.45, 2.75) is 38.6 Å². The predicted molar refractivity (Wildman–Crippen MR) is 67.9 cm³/mol. The fourth-order valence-electron chi connectivity index (χ4n) is 3.46. The van der Waals surface area contributed by atoms with Gasteiger partial charge in [0.25, 0.3) is 5.91 Å². The van der Waals surface area contributed by atoms with Crippen LogP contribution in [0.2, 0.25) is 0 Å². The van der Waals surface area contributed by atoms with Crippen molar-refractivity contribution in [3.63, 3.8) is 0 Å². The third kappa shape index (κ3) is 2.08. The van der Waals surface area contributed by atoms with E-state index in [2.05, 4.69) is 5.32 Å². The van der Waals surface area contributed by atoms with Crippen molar-refractivity contribution in [2.75, 3.05) is 0 Å². The van der Waals surface area contributed by atoms with Gasteiger partial charge in [-0.3, -0.25) is 4.79 Å². The standard InChI is InChI=1S/C15H19NO/c1-10-3-2-4-13(7-10)15(17)16-14-9-11-5-6-12(14)8-11/h2-4,7,11-12,14H,5-6,8-9H2,1H3,(H,16,17)/t11-,12-,14+/m1/s1. The molecule has 3 rings (SSSR count). The highest BCUT2D eigenvalue weighted by molar-refractivity contribution is 5.94. The van der Waals surface area contributed by atoms with Crippen LogP contribution in [-0.2, 0) is 0 Å². The van der Waals surface area contributed by atoms with Crippen molar-refractivity contribution in [3.8, 4) is 0 Å². The van der Waals surface area contributed by atoms with E-state index in [4.69, 9.17) is 0 Å². The smallest absolute Gasteiger partial charge is 0.251 e. The minimum atomic E-state index is 0.103.